The van der Waals surface area contributed by atoms with Crippen LogP contribution < -0.4 is 9.64 Å². The van der Waals surface area contributed by atoms with E-state index in [1.54, 1.807) is 24.3 Å². The Balaban J connectivity index is 2.16. The third-order valence-electron chi connectivity index (χ3n) is 5.53. The number of anilines is 1. The van der Waals surface area contributed by atoms with E-state index >= 15 is 0 Å². The van der Waals surface area contributed by atoms with Gasteiger partial charge in [-0.15, -0.1) is 0 Å². The second-order valence-electron chi connectivity index (χ2n) is 7.87. The molecule has 1 amide bonds. The maximum Gasteiger partial charge on any atom is 0.416 e. The molecule has 2 aromatic rings. The molecule has 0 saturated carbocycles. The van der Waals surface area contributed by atoms with Crippen LogP contribution in [0.25, 0.3) is 10.4 Å². The van der Waals surface area contributed by atoms with Gasteiger partial charge in [0.15, 0.2) is 0 Å². The first-order valence-electron chi connectivity index (χ1n) is 10.00. The molecule has 0 aromatic heterocycles. The van der Waals surface area contributed by atoms with E-state index in [1.165, 1.54) is 18.1 Å². The van der Waals surface area contributed by atoms with Crippen LogP contribution >= 0.6 is 0 Å². The van der Waals surface area contributed by atoms with E-state index in [0.29, 0.717) is 29.1 Å². The molecule has 0 N–H and O–H groups in total. The fourth-order valence-corrected chi connectivity index (χ4v) is 3.86. The summed E-state index contributed by atoms with van der Waals surface area (Å²) in [7, 11) is 5.19. The van der Waals surface area contributed by atoms with Crippen LogP contribution in [0.4, 0.5) is 18.9 Å². The molecule has 1 heterocycles. The van der Waals surface area contributed by atoms with E-state index in [9.17, 15) is 18.0 Å². The molecule has 170 valence electrons. The van der Waals surface area contributed by atoms with Crippen molar-refractivity contribution in [1.82, 2.24) is 4.90 Å². The molecule has 1 aliphatic rings. The number of fused-ring (bicyclic) bond motifs is 1. The number of methoxy groups -OCH3 is 1. The Morgan fingerprint density at radius 2 is 1.91 bits per heavy atom. The molecule has 0 unspecified atom stereocenters. The SMILES string of the molecule is COc1ccc([C@@H]2Cc3cc(C(F)(F)F)ccc3N(CCN(C)C)C(=O)[C@@H]2N=[N+]=[N-])cc1. The van der Waals surface area contributed by atoms with Crippen LogP contribution in [0, 0.1) is 0 Å². The maximum absolute atomic E-state index is 13.5. The lowest BCUT2D eigenvalue weighted by molar-refractivity contribution is -0.137. The van der Waals surface area contributed by atoms with Crippen LogP contribution in [-0.4, -0.2) is 51.1 Å². The molecule has 10 heteroatoms. The van der Waals surface area contributed by atoms with Gasteiger partial charge in [-0.05, 0) is 67.5 Å². The molecule has 0 saturated heterocycles. The summed E-state index contributed by atoms with van der Waals surface area (Å²) in [4.78, 5) is 19.7. The lowest BCUT2D eigenvalue weighted by Crippen LogP contribution is -2.43. The summed E-state index contributed by atoms with van der Waals surface area (Å²) >= 11 is 0. The predicted octanol–water partition coefficient (Wildman–Crippen LogP) is 4.63. The molecule has 0 fully saturated rings. The van der Waals surface area contributed by atoms with Crippen molar-refractivity contribution in [3.05, 3.63) is 69.6 Å². The minimum Gasteiger partial charge on any atom is -0.497 e. The van der Waals surface area contributed by atoms with Crippen molar-refractivity contribution in [3.63, 3.8) is 0 Å². The van der Waals surface area contributed by atoms with Gasteiger partial charge >= 0.3 is 6.18 Å². The number of hydrogen-bond acceptors (Lipinski definition) is 4. The van der Waals surface area contributed by atoms with Crippen LogP contribution in [0.5, 0.6) is 5.75 Å². The number of hydrogen-bond donors (Lipinski definition) is 0. The van der Waals surface area contributed by atoms with Gasteiger partial charge in [-0.1, -0.05) is 17.2 Å². The number of amides is 1. The summed E-state index contributed by atoms with van der Waals surface area (Å²) in [5, 5.41) is 3.78. The summed E-state index contributed by atoms with van der Waals surface area (Å²) < 4.78 is 45.4. The molecule has 0 spiro atoms. The van der Waals surface area contributed by atoms with Gasteiger partial charge in [0.05, 0.1) is 12.7 Å². The number of azide groups is 1. The van der Waals surface area contributed by atoms with E-state index in [4.69, 9.17) is 10.3 Å². The van der Waals surface area contributed by atoms with Crippen LogP contribution in [0.3, 0.4) is 0 Å². The molecule has 2 atom stereocenters. The van der Waals surface area contributed by atoms with E-state index in [1.807, 2.05) is 19.0 Å². The van der Waals surface area contributed by atoms with E-state index in [2.05, 4.69) is 10.0 Å². The Hall–Kier alpha value is -3.23. The zero-order valence-electron chi connectivity index (χ0n) is 18.0. The Kier molecular flexibility index (Phi) is 6.96. The maximum atomic E-state index is 13.5. The third kappa shape index (κ3) is 4.98. The number of alkyl halides is 3. The number of benzene rings is 2. The van der Waals surface area contributed by atoms with Gasteiger partial charge in [0.25, 0.3) is 0 Å². The number of ether oxygens (including phenoxy) is 1. The third-order valence-corrected chi connectivity index (χ3v) is 5.53. The summed E-state index contributed by atoms with van der Waals surface area (Å²) in [5.74, 6) is -0.471. The molecule has 0 aliphatic carbocycles. The second-order valence-corrected chi connectivity index (χ2v) is 7.87. The van der Waals surface area contributed by atoms with Crippen LogP contribution in [0.1, 0.15) is 22.6 Å². The van der Waals surface area contributed by atoms with Crippen molar-refractivity contribution in [3.8, 4) is 5.75 Å². The highest BCUT2D eigenvalue weighted by atomic mass is 19.4. The van der Waals surface area contributed by atoms with Crippen molar-refractivity contribution in [1.29, 1.82) is 0 Å². The zero-order chi connectivity index (χ0) is 23.5. The average Bonchev–Trinajstić information content (AvgIpc) is 2.86. The molecule has 32 heavy (non-hydrogen) atoms. The van der Waals surface area contributed by atoms with E-state index in [0.717, 1.165) is 12.1 Å². The van der Waals surface area contributed by atoms with Crippen molar-refractivity contribution in [2.24, 2.45) is 5.11 Å². The smallest absolute Gasteiger partial charge is 0.416 e. The predicted molar refractivity (Wildman–Crippen MR) is 115 cm³/mol. The number of rotatable bonds is 6. The van der Waals surface area contributed by atoms with E-state index < -0.39 is 29.6 Å². The lowest BCUT2D eigenvalue weighted by Gasteiger charge is -2.27. The summed E-state index contributed by atoms with van der Waals surface area (Å²) in [5.41, 5.74) is 9.83. The topological polar surface area (TPSA) is 81.5 Å². The van der Waals surface area contributed by atoms with Crippen LogP contribution in [0.2, 0.25) is 0 Å². The second kappa shape index (κ2) is 9.50. The molecule has 2 aromatic carbocycles. The van der Waals surface area contributed by atoms with Crippen molar-refractivity contribution in [2.75, 3.05) is 39.2 Å². The van der Waals surface area contributed by atoms with Gasteiger partial charge in [0.1, 0.15) is 11.8 Å². The van der Waals surface area contributed by atoms with Crippen LogP contribution in [-0.2, 0) is 17.4 Å². The first-order chi connectivity index (χ1) is 15.2. The van der Waals surface area contributed by atoms with Gasteiger partial charge in [-0.2, -0.15) is 13.2 Å². The molecule has 0 radical (unpaired) electrons. The molecule has 0 bridgehead atoms. The Morgan fingerprint density at radius 1 is 1.22 bits per heavy atom. The minimum atomic E-state index is -4.51. The first-order valence-corrected chi connectivity index (χ1v) is 10.00. The minimum absolute atomic E-state index is 0.111. The fraction of sp³-hybridized carbons (Fsp3) is 0.409. The number of carbonyl (C=O) groups is 1. The summed E-state index contributed by atoms with van der Waals surface area (Å²) in [6, 6.07) is 9.17. The average molecular weight is 447 g/mol. The molecular weight excluding hydrogens is 423 g/mol. The molecule has 1 aliphatic heterocycles. The number of nitrogens with zero attached hydrogens (tertiary/aromatic N) is 5. The van der Waals surface area contributed by atoms with Crippen LogP contribution in [0.15, 0.2) is 47.6 Å². The largest absolute Gasteiger partial charge is 0.497 e. The number of halogens is 3. The Bertz CT molecular complexity index is 1020. The lowest BCUT2D eigenvalue weighted by atomic mass is 9.86. The zero-order valence-corrected chi connectivity index (χ0v) is 18.0. The fourth-order valence-electron chi connectivity index (χ4n) is 3.86. The van der Waals surface area contributed by atoms with Gasteiger partial charge in [-0.3, -0.25) is 4.79 Å². The normalized spacial score (nSPS) is 18.7. The Labute approximate surface area is 184 Å². The quantitative estimate of drug-likeness (QED) is 0.368. The standard InChI is InChI=1S/C22H24F3N5O2/c1-29(2)10-11-30-19-9-6-16(22(23,24)25)12-15(19)13-18(20(21(30)31)27-28-26)14-4-7-17(32-3)8-5-14/h4-9,12,18,20H,10-11,13H2,1-3H3/t18-,20+/m0/s1. The van der Waals surface area contributed by atoms with E-state index in [-0.39, 0.29) is 13.0 Å². The van der Waals surface area contributed by atoms with Crippen molar-refractivity contribution >= 4 is 11.6 Å². The first kappa shape index (κ1) is 23.4. The van der Waals surface area contributed by atoms with Crippen molar-refractivity contribution in [2.45, 2.75) is 24.6 Å². The van der Waals surface area contributed by atoms with Gasteiger partial charge in [0, 0.05) is 29.6 Å². The van der Waals surface area contributed by atoms with Gasteiger partial charge in [-0.25, -0.2) is 0 Å². The number of carbonyl (C=O) groups excluding carboxylic acids is 1. The van der Waals surface area contributed by atoms with Crippen molar-refractivity contribution < 1.29 is 22.7 Å². The Morgan fingerprint density at radius 3 is 2.47 bits per heavy atom. The summed E-state index contributed by atoms with van der Waals surface area (Å²) in [6.07, 6.45) is -4.40. The highest BCUT2D eigenvalue weighted by molar-refractivity contribution is 5.99. The summed E-state index contributed by atoms with van der Waals surface area (Å²) in [6.45, 7) is 0.735. The van der Waals surface area contributed by atoms with Gasteiger partial charge < -0.3 is 14.5 Å². The number of likely N-dealkylation sites (N-methyl/N-ethyl adjacent to an activating group) is 1. The van der Waals surface area contributed by atoms with Gasteiger partial charge in [0.2, 0.25) is 5.91 Å². The molecular formula is C22H24F3N5O2. The highest BCUT2D eigenvalue weighted by Crippen LogP contribution is 2.40. The monoisotopic (exact) mass is 447 g/mol. The molecule has 3 rings (SSSR count). The highest BCUT2D eigenvalue weighted by Gasteiger charge is 2.39. The molecule has 7 nitrogen and oxygen atoms in total.